The van der Waals surface area contributed by atoms with Crippen molar-refractivity contribution in [1.82, 2.24) is 28.8 Å². The third-order valence-corrected chi connectivity index (χ3v) is 8.61. The Morgan fingerprint density at radius 3 is 1.35 bits per heavy atom. The summed E-state index contributed by atoms with van der Waals surface area (Å²) < 4.78 is 59.6. The van der Waals surface area contributed by atoms with E-state index in [0.29, 0.717) is 92.8 Å². The molecule has 0 saturated heterocycles. The summed E-state index contributed by atoms with van der Waals surface area (Å²) in [7, 11) is 0. The van der Waals surface area contributed by atoms with Gasteiger partial charge in [-0.2, -0.15) is 15.3 Å². The van der Waals surface area contributed by atoms with Gasteiger partial charge in [0.05, 0.1) is 82.2 Å². The van der Waals surface area contributed by atoms with Crippen LogP contribution in [0, 0.1) is 24.4 Å². The van der Waals surface area contributed by atoms with Crippen LogP contribution >= 0.6 is 15.9 Å². The number of esters is 3. The number of nitrogens with zero attached hydrogens (tertiary/aromatic N) is 6. The molecule has 288 valence electrons. The highest BCUT2D eigenvalue weighted by atomic mass is 79.9. The summed E-state index contributed by atoms with van der Waals surface area (Å²) in [4.78, 5) is 35.7. The maximum Gasteiger partial charge on any atom is 0.342 e. The fraction of sp³-hybridized carbons (Fsp3) is 0.351. The summed E-state index contributed by atoms with van der Waals surface area (Å²) in [6.07, 6.45) is 5.41. The number of hydrogen-bond acceptors (Lipinski definition) is 10. The molecule has 6 heterocycles. The number of nitrogen functional groups attached to an aromatic ring is 1. The minimum atomic E-state index is -0.567. The van der Waals surface area contributed by atoms with Crippen molar-refractivity contribution in [3.05, 3.63) is 98.0 Å². The lowest BCUT2D eigenvalue weighted by atomic mass is 10.1. The maximum absolute atomic E-state index is 13.5. The number of aromatic nitrogens is 6. The van der Waals surface area contributed by atoms with Gasteiger partial charge in [0.1, 0.15) is 22.5 Å². The number of pyridine rings is 3. The van der Waals surface area contributed by atoms with Crippen LogP contribution in [0.1, 0.15) is 95.3 Å². The van der Waals surface area contributed by atoms with Crippen LogP contribution in [-0.4, -0.2) is 66.6 Å². The third kappa shape index (κ3) is 8.67. The van der Waals surface area contributed by atoms with Crippen molar-refractivity contribution in [3.8, 4) is 0 Å². The van der Waals surface area contributed by atoms with E-state index >= 15 is 0 Å². The molecule has 54 heavy (non-hydrogen) atoms. The van der Waals surface area contributed by atoms with Crippen LogP contribution < -0.4 is 5.73 Å². The van der Waals surface area contributed by atoms with Gasteiger partial charge in [0.25, 0.3) is 0 Å². The van der Waals surface area contributed by atoms with Gasteiger partial charge in [-0.1, -0.05) is 20.8 Å². The van der Waals surface area contributed by atoms with Crippen molar-refractivity contribution in [1.29, 1.82) is 0 Å². The molecule has 2 N–H and O–H groups in total. The number of ether oxygens (including phenoxy) is 3. The van der Waals surface area contributed by atoms with E-state index in [9.17, 15) is 27.6 Å². The van der Waals surface area contributed by atoms with Crippen molar-refractivity contribution in [2.75, 3.05) is 25.6 Å². The Morgan fingerprint density at radius 1 is 0.611 bits per heavy atom. The van der Waals surface area contributed by atoms with Gasteiger partial charge in [-0.3, -0.25) is 0 Å². The summed E-state index contributed by atoms with van der Waals surface area (Å²) in [5, 5.41) is 12.6. The van der Waals surface area contributed by atoms with Crippen LogP contribution in [0.25, 0.3) is 16.6 Å². The lowest BCUT2D eigenvalue weighted by Gasteiger charge is -2.02. The SMILES string of the molecule is CCOC(=O)c1c(CC)nn2cc(F)c(Br)cc12.CCOC(=O)c1c(CC)nn2cc(F)c(C)cc12.CCOC(=O)c1c(CC)nn2cc(F)c(N)cc12. The van der Waals surface area contributed by atoms with Gasteiger partial charge in [0, 0.05) is 0 Å². The molecule has 0 aromatic carbocycles. The highest BCUT2D eigenvalue weighted by Gasteiger charge is 2.23. The van der Waals surface area contributed by atoms with Gasteiger partial charge < -0.3 is 19.9 Å². The Bertz CT molecular complexity index is 2080. The number of halogens is 4. The Labute approximate surface area is 317 Å². The van der Waals surface area contributed by atoms with Crippen LogP contribution in [0.15, 0.2) is 41.3 Å². The number of hydrogen-bond donors (Lipinski definition) is 1. The predicted octanol–water partition coefficient (Wildman–Crippen LogP) is 7.29. The quantitative estimate of drug-likeness (QED) is 0.116. The highest BCUT2D eigenvalue weighted by molar-refractivity contribution is 9.10. The average Bonchev–Trinajstić information content (AvgIpc) is 3.80. The Balaban J connectivity index is 0.000000180. The second-order valence-corrected chi connectivity index (χ2v) is 12.4. The molecule has 0 spiro atoms. The van der Waals surface area contributed by atoms with Crippen molar-refractivity contribution in [2.24, 2.45) is 0 Å². The number of rotatable bonds is 9. The molecule has 0 saturated carbocycles. The first-order valence-corrected chi connectivity index (χ1v) is 18.0. The normalized spacial score (nSPS) is 10.9. The van der Waals surface area contributed by atoms with E-state index in [2.05, 4.69) is 31.2 Å². The Hall–Kier alpha value is -5.45. The highest BCUT2D eigenvalue weighted by Crippen LogP contribution is 2.25. The zero-order valence-corrected chi connectivity index (χ0v) is 32.5. The van der Waals surface area contributed by atoms with Crippen LogP contribution in [0.3, 0.4) is 0 Å². The Kier molecular flexibility index (Phi) is 13.8. The van der Waals surface area contributed by atoms with Crippen LogP contribution in [0.2, 0.25) is 0 Å². The summed E-state index contributed by atoms with van der Waals surface area (Å²) in [6, 6.07) is 4.55. The fourth-order valence-electron chi connectivity index (χ4n) is 5.46. The van der Waals surface area contributed by atoms with Crippen molar-refractivity contribution in [2.45, 2.75) is 67.7 Å². The second-order valence-electron chi connectivity index (χ2n) is 11.5. The number of aryl methyl sites for hydroxylation is 4. The molecule has 0 fully saturated rings. The van der Waals surface area contributed by atoms with E-state index in [1.54, 1.807) is 33.8 Å². The Morgan fingerprint density at radius 2 is 0.963 bits per heavy atom. The standard InChI is InChI=1S/C13H15FN2O2.C12H12BrFN2O2.C12H14FN3O2/c1-4-10-12(13(17)18-5-2)11-6-8(3)9(14)7-16(11)15-10;1-3-9-11(12(17)18-4-2)10-5-7(13)8(14)6-16(10)15-9;1-3-9-11(12(17)18-4-2)10-5-8(14)7(13)6-16(10)15-9/h6-7H,4-5H2,1-3H3;5-6H,3-4H2,1-2H3;5-6H,3-4,14H2,1-2H3. The number of carbonyl (C=O) groups is 3. The zero-order chi connectivity index (χ0) is 39.9. The summed E-state index contributed by atoms with van der Waals surface area (Å²) in [5.41, 5.74) is 10.5. The number of nitrogens with two attached hydrogens (primary N) is 1. The maximum atomic E-state index is 13.5. The molecule has 0 unspecified atom stereocenters. The predicted molar refractivity (Wildman–Crippen MR) is 198 cm³/mol. The number of fused-ring (bicyclic) bond motifs is 3. The molecule has 13 nitrogen and oxygen atoms in total. The van der Waals surface area contributed by atoms with E-state index in [4.69, 9.17) is 19.9 Å². The fourth-order valence-corrected chi connectivity index (χ4v) is 5.78. The summed E-state index contributed by atoms with van der Waals surface area (Å²) in [6.45, 7) is 13.4. The molecule has 6 aromatic rings. The monoisotopic (exact) mass is 815 g/mol. The van der Waals surface area contributed by atoms with Crippen molar-refractivity contribution in [3.63, 3.8) is 0 Å². The minimum Gasteiger partial charge on any atom is -0.462 e. The smallest absolute Gasteiger partial charge is 0.342 e. The van der Waals surface area contributed by atoms with Gasteiger partial charge in [-0.25, -0.2) is 41.1 Å². The van der Waals surface area contributed by atoms with E-state index in [1.807, 2.05) is 20.8 Å². The number of anilines is 1. The van der Waals surface area contributed by atoms with E-state index in [0.717, 1.165) is 6.20 Å². The molecule has 6 rings (SSSR count). The summed E-state index contributed by atoms with van der Waals surface area (Å²) in [5.74, 6) is -2.64. The molecule has 0 aliphatic rings. The molecule has 0 amide bonds. The first-order valence-electron chi connectivity index (χ1n) is 17.3. The van der Waals surface area contributed by atoms with Gasteiger partial charge in [-0.15, -0.1) is 0 Å². The molecule has 17 heteroatoms. The molecular weight excluding hydrogens is 775 g/mol. The van der Waals surface area contributed by atoms with Crippen LogP contribution in [0.4, 0.5) is 18.9 Å². The van der Waals surface area contributed by atoms with Crippen LogP contribution in [-0.2, 0) is 33.5 Å². The van der Waals surface area contributed by atoms with E-state index < -0.39 is 29.5 Å². The van der Waals surface area contributed by atoms with Crippen molar-refractivity contribution < 1.29 is 41.8 Å². The largest absolute Gasteiger partial charge is 0.462 e. The molecule has 0 radical (unpaired) electrons. The molecule has 0 bridgehead atoms. The average molecular weight is 817 g/mol. The van der Waals surface area contributed by atoms with Gasteiger partial charge in [-0.05, 0) is 86.6 Å². The number of carbonyl (C=O) groups excluding carboxylic acids is 3. The van der Waals surface area contributed by atoms with Crippen LogP contribution in [0.5, 0.6) is 0 Å². The summed E-state index contributed by atoms with van der Waals surface area (Å²) >= 11 is 3.10. The molecule has 6 aromatic heterocycles. The molecule has 0 aliphatic heterocycles. The first kappa shape index (κ1) is 41.3. The zero-order valence-electron chi connectivity index (χ0n) is 30.9. The van der Waals surface area contributed by atoms with E-state index in [1.165, 1.54) is 38.1 Å². The van der Waals surface area contributed by atoms with Gasteiger partial charge in [0.15, 0.2) is 11.6 Å². The lowest BCUT2D eigenvalue weighted by Crippen LogP contribution is -2.07. The van der Waals surface area contributed by atoms with Crippen molar-refractivity contribution >= 4 is 56.1 Å². The van der Waals surface area contributed by atoms with Gasteiger partial charge >= 0.3 is 17.9 Å². The third-order valence-electron chi connectivity index (χ3n) is 8.00. The van der Waals surface area contributed by atoms with E-state index in [-0.39, 0.29) is 18.1 Å². The topological polar surface area (TPSA) is 157 Å². The molecular formula is C37H41BrF3N7O6. The minimum absolute atomic E-state index is 0.0180. The molecule has 0 aliphatic carbocycles. The lowest BCUT2D eigenvalue weighted by molar-refractivity contribution is 0.0517. The van der Waals surface area contributed by atoms with Gasteiger partial charge in [0.2, 0.25) is 0 Å². The second kappa shape index (κ2) is 18.1. The first-order chi connectivity index (χ1) is 25.7. The molecule has 0 atom stereocenters.